The maximum absolute atomic E-state index is 9.72. The first kappa shape index (κ1) is 20.0. The fraction of sp³-hybridized carbons (Fsp3) is 0.429. The summed E-state index contributed by atoms with van der Waals surface area (Å²) in [5.74, 6) is -0.00585. The molecule has 0 aromatic heterocycles. The Balaban J connectivity index is 2.02. The van der Waals surface area contributed by atoms with Crippen LogP contribution in [0.3, 0.4) is 0 Å². The van der Waals surface area contributed by atoms with E-state index in [-0.39, 0.29) is 11.5 Å². The fourth-order valence-corrected chi connectivity index (χ4v) is 2.42. The molecule has 1 rings (SSSR count). The molecule has 1 aromatic carbocycles. The van der Waals surface area contributed by atoms with Gasteiger partial charge in [0.2, 0.25) is 0 Å². The number of para-hydroxylation sites is 1. The Kier molecular flexibility index (Phi) is 10.4. The third-order valence-electron chi connectivity index (χ3n) is 3.77. The Bertz CT molecular complexity index is 542. The summed E-state index contributed by atoms with van der Waals surface area (Å²) in [7, 11) is 0. The highest BCUT2D eigenvalue weighted by molar-refractivity contribution is 5.44. The van der Waals surface area contributed by atoms with Crippen LogP contribution < -0.4 is 0 Å². The first-order chi connectivity index (χ1) is 11.6. The second-order valence-corrected chi connectivity index (χ2v) is 6.03. The number of phenols is 2. The Morgan fingerprint density at radius 2 is 1.62 bits per heavy atom. The average molecular weight is 330 g/mol. The number of aliphatic hydroxyl groups excluding tert-OH is 1. The van der Waals surface area contributed by atoms with Crippen molar-refractivity contribution in [2.24, 2.45) is 0 Å². The van der Waals surface area contributed by atoms with Gasteiger partial charge in [0, 0.05) is 0 Å². The minimum absolute atomic E-state index is 0.0268. The zero-order valence-corrected chi connectivity index (χ0v) is 14.6. The lowest BCUT2D eigenvalue weighted by Crippen LogP contribution is -1.90. The van der Waals surface area contributed by atoms with Crippen LogP contribution >= 0.6 is 0 Å². The summed E-state index contributed by atoms with van der Waals surface area (Å²) in [6.45, 7) is 1.73. The molecule has 3 heteroatoms. The van der Waals surface area contributed by atoms with Gasteiger partial charge in [0.25, 0.3) is 0 Å². The number of aromatic hydroxyl groups is 2. The van der Waals surface area contributed by atoms with E-state index < -0.39 is 6.10 Å². The van der Waals surface area contributed by atoms with Crippen LogP contribution in [0.15, 0.2) is 54.7 Å². The monoisotopic (exact) mass is 330 g/mol. The van der Waals surface area contributed by atoms with E-state index in [9.17, 15) is 10.2 Å². The summed E-state index contributed by atoms with van der Waals surface area (Å²) in [5.41, 5.74) is 0.828. The van der Waals surface area contributed by atoms with Gasteiger partial charge in [-0.1, -0.05) is 67.9 Å². The number of phenolic OH excluding ortho intramolecular Hbond substituents is 2. The van der Waals surface area contributed by atoms with Crippen LogP contribution in [0.4, 0.5) is 0 Å². The quantitative estimate of drug-likeness (QED) is 0.303. The van der Waals surface area contributed by atoms with Gasteiger partial charge >= 0.3 is 0 Å². The first-order valence-electron chi connectivity index (χ1n) is 8.79. The smallest absolute Gasteiger partial charge is 0.160 e. The van der Waals surface area contributed by atoms with Crippen molar-refractivity contribution in [2.75, 3.05) is 0 Å². The molecule has 1 unspecified atom stereocenters. The number of aryl methyl sites for hydroxylation is 1. The number of rotatable bonds is 11. The standard InChI is InChI=1S/C21H30O3/c1-18(22)14-11-9-7-5-3-2-4-6-8-10-12-15-19-16-13-17-20(23)21(19)24/h3,5,7,9,11,13-14,16-18,22-24H,2,4,6,8,10,12,15H2,1H3/b5-3+,9-7-,14-11+. The molecule has 132 valence electrons. The highest BCUT2D eigenvalue weighted by atomic mass is 16.3. The summed E-state index contributed by atoms with van der Waals surface area (Å²) < 4.78 is 0. The topological polar surface area (TPSA) is 60.7 Å². The lowest BCUT2D eigenvalue weighted by Gasteiger charge is -2.05. The number of hydrogen-bond acceptors (Lipinski definition) is 3. The molecule has 0 spiro atoms. The van der Waals surface area contributed by atoms with Crippen LogP contribution in [0.1, 0.15) is 51.0 Å². The second-order valence-electron chi connectivity index (χ2n) is 6.03. The van der Waals surface area contributed by atoms with Gasteiger partial charge in [0.15, 0.2) is 11.5 Å². The normalized spacial score (nSPS) is 13.4. The van der Waals surface area contributed by atoms with Gasteiger partial charge in [-0.3, -0.25) is 0 Å². The highest BCUT2D eigenvalue weighted by Gasteiger charge is 2.04. The molecule has 24 heavy (non-hydrogen) atoms. The summed E-state index contributed by atoms with van der Waals surface area (Å²) in [5, 5.41) is 28.2. The Labute approximate surface area is 145 Å². The van der Waals surface area contributed by atoms with Gasteiger partial charge in [-0.15, -0.1) is 0 Å². The molecule has 0 saturated carbocycles. The molecule has 1 aromatic rings. The van der Waals surface area contributed by atoms with Crippen molar-refractivity contribution in [2.45, 2.75) is 58.0 Å². The molecule has 3 N–H and O–H groups in total. The largest absolute Gasteiger partial charge is 0.504 e. The molecule has 0 aliphatic carbocycles. The van der Waals surface area contributed by atoms with E-state index in [1.54, 1.807) is 19.1 Å². The van der Waals surface area contributed by atoms with Crippen molar-refractivity contribution in [3.63, 3.8) is 0 Å². The molecule has 0 radical (unpaired) electrons. The molecule has 1 atom stereocenters. The zero-order chi connectivity index (χ0) is 17.6. The molecule has 0 aliphatic heterocycles. The van der Waals surface area contributed by atoms with Gasteiger partial charge in [0.1, 0.15) is 0 Å². The predicted octanol–water partition coefficient (Wildman–Crippen LogP) is 5.03. The van der Waals surface area contributed by atoms with Crippen molar-refractivity contribution >= 4 is 0 Å². The zero-order valence-electron chi connectivity index (χ0n) is 14.6. The van der Waals surface area contributed by atoms with Crippen LogP contribution in [0, 0.1) is 0 Å². The highest BCUT2D eigenvalue weighted by Crippen LogP contribution is 2.29. The fourth-order valence-electron chi connectivity index (χ4n) is 2.42. The molecular weight excluding hydrogens is 300 g/mol. The third-order valence-corrected chi connectivity index (χ3v) is 3.77. The summed E-state index contributed by atoms with van der Waals surface area (Å²) >= 11 is 0. The van der Waals surface area contributed by atoms with Crippen LogP contribution in [-0.2, 0) is 6.42 Å². The number of unbranched alkanes of at least 4 members (excludes halogenated alkanes) is 5. The minimum Gasteiger partial charge on any atom is -0.504 e. The van der Waals surface area contributed by atoms with Gasteiger partial charge in [-0.2, -0.15) is 0 Å². The van der Waals surface area contributed by atoms with E-state index in [1.165, 1.54) is 25.3 Å². The lowest BCUT2D eigenvalue weighted by molar-refractivity contribution is 0.244. The van der Waals surface area contributed by atoms with E-state index in [0.29, 0.717) is 0 Å². The van der Waals surface area contributed by atoms with Gasteiger partial charge < -0.3 is 15.3 Å². The Morgan fingerprint density at radius 1 is 0.917 bits per heavy atom. The SMILES string of the molecule is CC(O)/C=C/C=C\C=C\CCCCCCCc1cccc(O)c1O. The maximum Gasteiger partial charge on any atom is 0.160 e. The minimum atomic E-state index is -0.393. The van der Waals surface area contributed by atoms with Gasteiger partial charge in [0.05, 0.1) is 6.10 Å². The lowest BCUT2D eigenvalue weighted by atomic mass is 10.0. The Hall–Kier alpha value is -2.00. The van der Waals surface area contributed by atoms with E-state index in [2.05, 4.69) is 6.08 Å². The van der Waals surface area contributed by atoms with Crippen LogP contribution in [0.5, 0.6) is 11.5 Å². The van der Waals surface area contributed by atoms with Crippen molar-refractivity contribution < 1.29 is 15.3 Å². The average Bonchev–Trinajstić information content (AvgIpc) is 2.55. The van der Waals surface area contributed by atoms with Gasteiger partial charge in [-0.05, 0) is 44.2 Å². The van der Waals surface area contributed by atoms with E-state index in [1.807, 2.05) is 30.4 Å². The van der Waals surface area contributed by atoms with Crippen molar-refractivity contribution in [3.05, 3.63) is 60.2 Å². The van der Waals surface area contributed by atoms with Crippen LogP contribution in [0.25, 0.3) is 0 Å². The third kappa shape index (κ3) is 9.21. The molecule has 0 saturated heterocycles. The number of benzene rings is 1. The van der Waals surface area contributed by atoms with E-state index >= 15 is 0 Å². The number of allylic oxidation sites excluding steroid dienone is 5. The van der Waals surface area contributed by atoms with Crippen LogP contribution in [0.2, 0.25) is 0 Å². The van der Waals surface area contributed by atoms with Crippen LogP contribution in [-0.4, -0.2) is 21.4 Å². The van der Waals surface area contributed by atoms with Gasteiger partial charge in [-0.25, -0.2) is 0 Å². The second kappa shape index (κ2) is 12.4. The molecule has 0 bridgehead atoms. The predicted molar refractivity (Wildman–Crippen MR) is 100 cm³/mol. The van der Waals surface area contributed by atoms with Crippen molar-refractivity contribution in [3.8, 4) is 11.5 Å². The van der Waals surface area contributed by atoms with E-state index in [4.69, 9.17) is 5.11 Å². The molecule has 0 aliphatic rings. The molecular formula is C21H30O3. The molecule has 0 heterocycles. The number of aliphatic hydroxyl groups is 1. The summed E-state index contributed by atoms with van der Waals surface area (Å²) in [6, 6.07) is 5.14. The molecule has 3 nitrogen and oxygen atoms in total. The maximum atomic E-state index is 9.72. The summed E-state index contributed by atoms with van der Waals surface area (Å²) in [6.07, 6.45) is 18.9. The molecule has 0 fully saturated rings. The van der Waals surface area contributed by atoms with Crippen molar-refractivity contribution in [1.82, 2.24) is 0 Å². The van der Waals surface area contributed by atoms with Crippen molar-refractivity contribution in [1.29, 1.82) is 0 Å². The molecule has 0 amide bonds. The summed E-state index contributed by atoms with van der Waals surface area (Å²) in [4.78, 5) is 0. The van der Waals surface area contributed by atoms with E-state index in [0.717, 1.165) is 31.2 Å². The number of hydrogen-bond donors (Lipinski definition) is 3. The Morgan fingerprint density at radius 3 is 2.42 bits per heavy atom. The first-order valence-corrected chi connectivity index (χ1v) is 8.79.